The zero-order chi connectivity index (χ0) is 10.0. The Hall–Kier alpha value is -0.710. The van der Waals surface area contributed by atoms with Gasteiger partial charge in [0.05, 0.1) is 0 Å². The van der Waals surface area contributed by atoms with Crippen molar-refractivity contribution in [3.63, 3.8) is 0 Å². The van der Waals surface area contributed by atoms with Gasteiger partial charge in [0.15, 0.2) is 0 Å². The van der Waals surface area contributed by atoms with Crippen molar-refractivity contribution >= 4 is 45.8 Å². The van der Waals surface area contributed by atoms with Crippen LogP contribution in [0.25, 0.3) is 5.16 Å². The monoisotopic (exact) mass is 239 g/mol. The molecule has 0 saturated carbocycles. The summed E-state index contributed by atoms with van der Waals surface area (Å²) in [6, 6.07) is 1.40. The van der Waals surface area contributed by atoms with Gasteiger partial charge < -0.3 is 5.73 Å². The molecule has 0 aromatic carbocycles. The van der Waals surface area contributed by atoms with Crippen LogP contribution in [0, 0.1) is 0 Å². The molecule has 4 nitrogen and oxygen atoms in total. The summed E-state index contributed by atoms with van der Waals surface area (Å²) < 4.78 is 0.767. The van der Waals surface area contributed by atoms with E-state index in [4.69, 9.17) is 40.5 Å². The van der Waals surface area contributed by atoms with Crippen molar-refractivity contribution in [2.75, 3.05) is 5.73 Å². The van der Waals surface area contributed by atoms with Gasteiger partial charge in [0, 0.05) is 6.20 Å². The van der Waals surface area contributed by atoms with Crippen LogP contribution in [0.2, 0.25) is 0 Å². The molecular weight excluding hydrogens is 236 g/mol. The fourth-order valence-electron chi connectivity index (χ4n) is 0.657. The van der Waals surface area contributed by atoms with E-state index in [9.17, 15) is 4.79 Å². The number of aromatic nitrogens is 2. The summed E-state index contributed by atoms with van der Waals surface area (Å²) in [5.74, 6) is 0.108. The molecule has 1 aromatic heterocycles. The molecule has 13 heavy (non-hydrogen) atoms. The van der Waals surface area contributed by atoms with Gasteiger partial charge in [-0.3, -0.25) is 4.57 Å². The number of halogens is 3. The Morgan fingerprint density at radius 2 is 2.08 bits per heavy atom. The molecule has 0 unspecified atom stereocenters. The molecular formula is C6H4Cl3N3O. The zero-order valence-corrected chi connectivity index (χ0v) is 8.44. The van der Waals surface area contributed by atoms with Crippen LogP contribution < -0.4 is 11.4 Å². The van der Waals surface area contributed by atoms with Crippen molar-refractivity contribution in [1.29, 1.82) is 0 Å². The van der Waals surface area contributed by atoms with Gasteiger partial charge in [0.25, 0.3) is 0 Å². The summed E-state index contributed by atoms with van der Waals surface area (Å²) >= 11 is 16.3. The molecule has 0 aliphatic rings. The Kier molecular flexibility index (Phi) is 3.19. The number of anilines is 1. The van der Waals surface area contributed by atoms with Gasteiger partial charge in [-0.15, -0.1) is 0 Å². The molecule has 0 atom stereocenters. The molecule has 2 N–H and O–H groups in total. The third kappa shape index (κ3) is 2.37. The average molecular weight is 240 g/mol. The first-order valence-corrected chi connectivity index (χ1v) is 4.22. The number of nitrogens with zero attached hydrogens (tertiary/aromatic N) is 2. The molecule has 0 saturated heterocycles. The highest BCUT2D eigenvalue weighted by Gasteiger charge is 2.04. The number of hydrogen-bond donors (Lipinski definition) is 1. The first-order valence-electron chi connectivity index (χ1n) is 3.08. The Bertz CT molecular complexity index is 408. The zero-order valence-electron chi connectivity index (χ0n) is 6.17. The van der Waals surface area contributed by atoms with Gasteiger partial charge >= 0.3 is 5.69 Å². The first kappa shape index (κ1) is 10.4. The SMILES string of the molecule is Nc1ccn(C(Cl)=C(Cl)Cl)c(=O)n1. The Morgan fingerprint density at radius 3 is 2.54 bits per heavy atom. The van der Waals surface area contributed by atoms with E-state index in [0.29, 0.717) is 0 Å². The van der Waals surface area contributed by atoms with Crippen molar-refractivity contribution in [3.05, 3.63) is 27.2 Å². The molecule has 0 spiro atoms. The Balaban J connectivity index is 3.34. The van der Waals surface area contributed by atoms with Crippen LogP contribution >= 0.6 is 34.8 Å². The van der Waals surface area contributed by atoms with Crippen LogP contribution in [0.15, 0.2) is 21.5 Å². The molecule has 7 heteroatoms. The maximum atomic E-state index is 11.1. The van der Waals surface area contributed by atoms with Crippen LogP contribution in [0.4, 0.5) is 5.82 Å². The topological polar surface area (TPSA) is 60.9 Å². The predicted octanol–water partition coefficient (Wildman–Crippen LogP) is 1.63. The van der Waals surface area contributed by atoms with E-state index in [2.05, 4.69) is 4.98 Å². The minimum absolute atomic E-state index is 0.108. The molecule has 1 aromatic rings. The third-order valence-electron chi connectivity index (χ3n) is 1.19. The van der Waals surface area contributed by atoms with E-state index in [1.165, 1.54) is 12.3 Å². The Morgan fingerprint density at radius 1 is 1.46 bits per heavy atom. The average Bonchev–Trinajstić information content (AvgIpc) is 2.03. The lowest BCUT2D eigenvalue weighted by molar-refractivity contribution is 0.958. The third-order valence-corrected chi connectivity index (χ3v) is 2.12. The minimum Gasteiger partial charge on any atom is -0.383 e. The molecule has 0 aliphatic heterocycles. The quantitative estimate of drug-likeness (QED) is 0.811. The standard InChI is InChI=1S/C6H4Cl3N3O/c7-4(8)5(9)12-2-1-3(10)11-6(12)13/h1-2H,(H2,10,11,13). The van der Waals surface area contributed by atoms with Crippen LogP contribution in [-0.2, 0) is 0 Å². The molecule has 0 fully saturated rings. The van der Waals surface area contributed by atoms with E-state index in [1.54, 1.807) is 0 Å². The molecule has 0 radical (unpaired) electrons. The summed E-state index contributed by atoms with van der Waals surface area (Å²) in [6.07, 6.45) is 1.33. The lowest BCUT2D eigenvalue weighted by Gasteiger charge is -2.01. The van der Waals surface area contributed by atoms with Crippen molar-refractivity contribution < 1.29 is 0 Å². The second-order valence-corrected chi connectivity index (χ2v) is 3.36. The molecule has 0 bridgehead atoms. The second-order valence-electron chi connectivity index (χ2n) is 2.06. The second kappa shape index (κ2) is 4.00. The highest BCUT2D eigenvalue weighted by atomic mass is 35.5. The fraction of sp³-hybridized carbons (Fsp3) is 0. The summed E-state index contributed by atoms with van der Waals surface area (Å²) in [4.78, 5) is 14.5. The highest BCUT2D eigenvalue weighted by molar-refractivity contribution is 6.65. The van der Waals surface area contributed by atoms with E-state index >= 15 is 0 Å². The fourth-order valence-corrected chi connectivity index (χ4v) is 0.967. The molecule has 1 heterocycles. The predicted molar refractivity (Wildman–Crippen MR) is 53.7 cm³/mol. The van der Waals surface area contributed by atoms with Gasteiger partial charge in [0.1, 0.15) is 15.5 Å². The molecule has 0 aliphatic carbocycles. The van der Waals surface area contributed by atoms with Gasteiger partial charge in [-0.25, -0.2) is 4.79 Å². The van der Waals surface area contributed by atoms with Gasteiger partial charge in [-0.1, -0.05) is 34.8 Å². The van der Waals surface area contributed by atoms with Crippen molar-refractivity contribution in [2.24, 2.45) is 0 Å². The number of nitrogens with two attached hydrogens (primary N) is 1. The smallest absolute Gasteiger partial charge is 0.354 e. The maximum Gasteiger partial charge on any atom is 0.354 e. The van der Waals surface area contributed by atoms with Crippen LogP contribution in [0.3, 0.4) is 0 Å². The van der Waals surface area contributed by atoms with Gasteiger partial charge in [-0.2, -0.15) is 4.98 Å². The molecule has 1 rings (SSSR count). The lowest BCUT2D eigenvalue weighted by atomic mass is 10.6. The maximum absolute atomic E-state index is 11.1. The summed E-state index contributed by atoms with van der Waals surface area (Å²) in [7, 11) is 0. The lowest BCUT2D eigenvalue weighted by Crippen LogP contribution is -2.21. The highest BCUT2D eigenvalue weighted by Crippen LogP contribution is 2.20. The summed E-state index contributed by atoms with van der Waals surface area (Å²) in [5.41, 5.74) is 4.62. The van der Waals surface area contributed by atoms with Crippen molar-refractivity contribution in [3.8, 4) is 0 Å². The van der Waals surface area contributed by atoms with Crippen LogP contribution in [0.5, 0.6) is 0 Å². The van der Waals surface area contributed by atoms with Crippen LogP contribution in [-0.4, -0.2) is 9.55 Å². The molecule has 0 amide bonds. The summed E-state index contributed by atoms with van der Waals surface area (Å²) in [5, 5.41) is -0.110. The number of rotatable bonds is 1. The van der Waals surface area contributed by atoms with E-state index in [1.807, 2.05) is 0 Å². The van der Waals surface area contributed by atoms with Gasteiger partial charge in [0.2, 0.25) is 0 Å². The van der Waals surface area contributed by atoms with E-state index in [0.717, 1.165) is 4.57 Å². The van der Waals surface area contributed by atoms with Gasteiger partial charge in [-0.05, 0) is 6.07 Å². The number of nitrogen functional groups attached to an aromatic ring is 1. The molecule has 70 valence electrons. The Labute approximate surface area is 88.5 Å². The van der Waals surface area contributed by atoms with Crippen molar-refractivity contribution in [2.45, 2.75) is 0 Å². The van der Waals surface area contributed by atoms with E-state index < -0.39 is 5.69 Å². The number of hydrogen-bond acceptors (Lipinski definition) is 3. The minimum atomic E-state index is -0.635. The largest absolute Gasteiger partial charge is 0.383 e. The normalized spacial score (nSPS) is 9.77. The van der Waals surface area contributed by atoms with E-state index in [-0.39, 0.29) is 15.5 Å². The first-order chi connectivity index (χ1) is 6.02. The summed E-state index contributed by atoms with van der Waals surface area (Å²) in [6.45, 7) is 0. The van der Waals surface area contributed by atoms with Crippen LogP contribution in [0.1, 0.15) is 0 Å². The van der Waals surface area contributed by atoms with Crippen molar-refractivity contribution in [1.82, 2.24) is 9.55 Å².